The Morgan fingerprint density at radius 1 is 1.10 bits per heavy atom. The molecule has 3 N–H and O–H groups in total. The van der Waals surface area contributed by atoms with Crippen molar-refractivity contribution in [3.05, 3.63) is 70.6 Å². The SMILES string of the molecule is NC(=O)c1ccc(NC(=O)COC(=O)c2cc3c(s2)-c2ccccc2OC3)cc1. The average Bonchev–Trinajstić information content (AvgIpc) is 3.17. The van der Waals surface area contributed by atoms with Gasteiger partial charge in [-0.05, 0) is 42.5 Å². The Labute approximate surface area is 170 Å². The lowest BCUT2D eigenvalue weighted by atomic mass is 10.1. The Morgan fingerprint density at radius 3 is 2.62 bits per heavy atom. The van der Waals surface area contributed by atoms with Crippen LogP contribution in [0.1, 0.15) is 25.6 Å². The number of primary amides is 1. The van der Waals surface area contributed by atoms with Crippen LogP contribution in [0.25, 0.3) is 10.4 Å². The molecule has 29 heavy (non-hydrogen) atoms. The quantitative estimate of drug-likeness (QED) is 0.631. The van der Waals surface area contributed by atoms with Crippen LogP contribution in [0.5, 0.6) is 5.75 Å². The molecule has 4 rings (SSSR count). The molecule has 0 bridgehead atoms. The first-order valence-electron chi connectivity index (χ1n) is 8.73. The number of thiophene rings is 1. The zero-order chi connectivity index (χ0) is 20.4. The molecule has 0 spiro atoms. The smallest absolute Gasteiger partial charge is 0.348 e. The molecule has 0 fully saturated rings. The normalized spacial score (nSPS) is 11.6. The fourth-order valence-corrected chi connectivity index (χ4v) is 4.01. The molecule has 0 saturated heterocycles. The molecule has 146 valence electrons. The van der Waals surface area contributed by atoms with Crippen molar-refractivity contribution in [3.63, 3.8) is 0 Å². The van der Waals surface area contributed by atoms with E-state index in [4.69, 9.17) is 15.2 Å². The topological polar surface area (TPSA) is 108 Å². The molecule has 0 atom stereocenters. The Hall–Kier alpha value is -3.65. The van der Waals surface area contributed by atoms with Crippen molar-refractivity contribution in [1.29, 1.82) is 0 Å². The van der Waals surface area contributed by atoms with E-state index in [2.05, 4.69) is 5.32 Å². The van der Waals surface area contributed by atoms with E-state index in [0.29, 0.717) is 22.7 Å². The molecule has 2 amide bonds. The molecule has 8 heteroatoms. The number of hydrogen-bond donors (Lipinski definition) is 2. The number of benzene rings is 2. The highest BCUT2D eigenvalue weighted by molar-refractivity contribution is 7.17. The molecule has 0 unspecified atom stereocenters. The predicted octanol–water partition coefficient (Wildman–Crippen LogP) is 3.20. The van der Waals surface area contributed by atoms with E-state index in [1.807, 2.05) is 24.3 Å². The third-order valence-electron chi connectivity index (χ3n) is 4.31. The molecule has 2 heterocycles. The van der Waals surface area contributed by atoms with Gasteiger partial charge in [0.2, 0.25) is 5.91 Å². The van der Waals surface area contributed by atoms with Crippen molar-refractivity contribution in [1.82, 2.24) is 0 Å². The number of ether oxygens (including phenoxy) is 2. The molecular formula is C21H16N2O5S. The maximum Gasteiger partial charge on any atom is 0.348 e. The van der Waals surface area contributed by atoms with E-state index in [9.17, 15) is 14.4 Å². The molecular weight excluding hydrogens is 392 g/mol. The molecule has 2 aromatic carbocycles. The molecule has 7 nitrogen and oxygen atoms in total. The van der Waals surface area contributed by atoms with Crippen molar-refractivity contribution in [2.75, 3.05) is 11.9 Å². The van der Waals surface area contributed by atoms with Gasteiger partial charge in [-0.15, -0.1) is 11.3 Å². The highest BCUT2D eigenvalue weighted by atomic mass is 32.1. The number of hydrogen-bond acceptors (Lipinski definition) is 6. The lowest BCUT2D eigenvalue weighted by molar-refractivity contribution is -0.119. The van der Waals surface area contributed by atoms with Gasteiger partial charge < -0.3 is 20.5 Å². The second kappa shape index (κ2) is 7.76. The van der Waals surface area contributed by atoms with Gasteiger partial charge in [0.05, 0.1) is 0 Å². The van der Waals surface area contributed by atoms with Crippen LogP contribution in [0.4, 0.5) is 5.69 Å². The summed E-state index contributed by atoms with van der Waals surface area (Å²) in [6.07, 6.45) is 0. The molecule has 1 aliphatic rings. The Balaban J connectivity index is 1.37. The maximum absolute atomic E-state index is 12.4. The number of carbonyl (C=O) groups excluding carboxylic acids is 3. The van der Waals surface area contributed by atoms with Gasteiger partial charge in [-0.2, -0.15) is 0 Å². The number of esters is 1. The van der Waals surface area contributed by atoms with Gasteiger partial charge in [-0.1, -0.05) is 12.1 Å². The van der Waals surface area contributed by atoms with E-state index in [1.165, 1.54) is 23.5 Å². The van der Waals surface area contributed by atoms with Crippen molar-refractivity contribution >= 4 is 34.8 Å². The summed E-state index contributed by atoms with van der Waals surface area (Å²) >= 11 is 1.32. The number of anilines is 1. The molecule has 1 aromatic heterocycles. The number of para-hydroxylation sites is 1. The second-order valence-corrected chi connectivity index (χ2v) is 7.37. The first kappa shape index (κ1) is 18.7. The number of amides is 2. The van der Waals surface area contributed by atoms with Crippen LogP contribution in [0.15, 0.2) is 54.6 Å². The number of fused-ring (bicyclic) bond motifs is 3. The standard InChI is InChI=1S/C21H16N2O5S/c22-20(25)12-5-7-14(8-6-12)23-18(24)11-28-21(26)17-9-13-10-27-16-4-2-1-3-15(16)19(13)29-17/h1-9H,10-11H2,(H2,22,25)(H,23,24). The first-order valence-corrected chi connectivity index (χ1v) is 9.54. The Bertz CT molecular complexity index is 1100. The van der Waals surface area contributed by atoms with Gasteiger partial charge in [0, 0.05) is 27.3 Å². The molecule has 1 aliphatic heterocycles. The minimum absolute atomic E-state index is 0.335. The van der Waals surface area contributed by atoms with Crippen molar-refractivity contribution in [2.45, 2.75) is 6.61 Å². The second-order valence-electron chi connectivity index (χ2n) is 6.32. The minimum atomic E-state index is -0.568. The zero-order valence-corrected chi connectivity index (χ0v) is 16.0. The Kier molecular flexibility index (Phi) is 5.01. The van der Waals surface area contributed by atoms with Gasteiger partial charge in [-0.25, -0.2) is 4.79 Å². The highest BCUT2D eigenvalue weighted by Gasteiger charge is 2.23. The van der Waals surface area contributed by atoms with E-state index < -0.39 is 24.4 Å². The number of nitrogens with two attached hydrogens (primary N) is 1. The van der Waals surface area contributed by atoms with Crippen molar-refractivity contribution in [2.24, 2.45) is 5.73 Å². The van der Waals surface area contributed by atoms with Crippen LogP contribution >= 0.6 is 11.3 Å². The van der Waals surface area contributed by atoms with Crippen molar-refractivity contribution < 1.29 is 23.9 Å². The Morgan fingerprint density at radius 2 is 1.86 bits per heavy atom. The molecule has 3 aromatic rings. The van der Waals surface area contributed by atoms with E-state index in [1.54, 1.807) is 18.2 Å². The zero-order valence-electron chi connectivity index (χ0n) is 15.1. The average molecular weight is 408 g/mol. The number of carbonyl (C=O) groups is 3. The van der Waals surface area contributed by atoms with E-state index >= 15 is 0 Å². The fourth-order valence-electron chi connectivity index (χ4n) is 2.92. The summed E-state index contributed by atoms with van der Waals surface area (Å²) in [5, 5.41) is 2.59. The first-order chi connectivity index (χ1) is 14.0. The minimum Gasteiger partial charge on any atom is -0.488 e. The summed E-state index contributed by atoms with van der Waals surface area (Å²) < 4.78 is 10.8. The van der Waals surface area contributed by atoms with Gasteiger partial charge in [0.25, 0.3) is 5.91 Å². The predicted molar refractivity (Wildman–Crippen MR) is 108 cm³/mol. The summed E-state index contributed by atoms with van der Waals surface area (Å²) in [5.41, 5.74) is 7.83. The lowest BCUT2D eigenvalue weighted by Gasteiger charge is -2.16. The fraction of sp³-hybridized carbons (Fsp3) is 0.0952. The van der Waals surface area contributed by atoms with Gasteiger partial charge in [0.1, 0.15) is 17.2 Å². The maximum atomic E-state index is 12.4. The van der Waals surface area contributed by atoms with Crippen LogP contribution in [-0.4, -0.2) is 24.4 Å². The van der Waals surface area contributed by atoms with Crippen LogP contribution < -0.4 is 15.8 Å². The van der Waals surface area contributed by atoms with Gasteiger partial charge in [0.15, 0.2) is 6.61 Å². The summed E-state index contributed by atoms with van der Waals surface area (Å²) in [6.45, 7) is -0.0377. The largest absolute Gasteiger partial charge is 0.488 e. The van der Waals surface area contributed by atoms with Crippen LogP contribution in [-0.2, 0) is 16.1 Å². The number of rotatable bonds is 5. The summed E-state index contributed by atoms with van der Waals surface area (Å²) in [4.78, 5) is 36.8. The van der Waals surface area contributed by atoms with E-state index in [0.717, 1.165) is 21.8 Å². The number of nitrogens with one attached hydrogen (secondary N) is 1. The van der Waals surface area contributed by atoms with Crippen molar-refractivity contribution in [3.8, 4) is 16.2 Å². The van der Waals surface area contributed by atoms with Crippen LogP contribution in [0.2, 0.25) is 0 Å². The van der Waals surface area contributed by atoms with E-state index in [-0.39, 0.29) is 0 Å². The molecule has 0 radical (unpaired) electrons. The van der Waals surface area contributed by atoms with Crippen LogP contribution in [0.3, 0.4) is 0 Å². The van der Waals surface area contributed by atoms with Crippen LogP contribution in [0, 0.1) is 0 Å². The van der Waals surface area contributed by atoms with Gasteiger partial charge in [-0.3, -0.25) is 9.59 Å². The third-order valence-corrected chi connectivity index (χ3v) is 5.50. The highest BCUT2D eigenvalue weighted by Crippen LogP contribution is 2.42. The monoisotopic (exact) mass is 408 g/mol. The third kappa shape index (κ3) is 3.97. The summed E-state index contributed by atoms with van der Waals surface area (Å²) in [7, 11) is 0. The summed E-state index contributed by atoms with van der Waals surface area (Å²) in [5.74, 6) is -0.826. The molecule has 0 saturated carbocycles. The summed E-state index contributed by atoms with van der Waals surface area (Å²) in [6, 6.07) is 15.5. The van der Waals surface area contributed by atoms with Gasteiger partial charge >= 0.3 is 5.97 Å². The molecule has 0 aliphatic carbocycles. The lowest BCUT2D eigenvalue weighted by Crippen LogP contribution is -2.20.